The number of halogens is 1. The van der Waals surface area contributed by atoms with Crippen LogP contribution in [0.15, 0.2) is 60.9 Å². The van der Waals surface area contributed by atoms with Crippen LogP contribution in [0, 0.1) is 0 Å². The van der Waals surface area contributed by atoms with E-state index in [-0.39, 0.29) is 17.7 Å². The van der Waals surface area contributed by atoms with Crippen molar-refractivity contribution in [2.24, 2.45) is 0 Å². The minimum absolute atomic E-state index is 0.0843. The minimum atomic E-state index is -3.37. The summed E-state index contributed by atoms with van der Waals surface area (Å²) < 4.78 is 28.1. The van der Waals surface area contributed by atoms with E-state index in [1.807, 2.05) is 18.2 Å². The molecule has 0 aliphatic carbocycles. The second-order valence-corrected chi connectivity index (χ2v) is 9.32. The van der Waals surface area contributed by atoms with Gasteiger partial charge in [0.15, 0.2) is 0 Å². The predicted octanol–water partition coefficient (Wildman–Crippen LogP) is 3.28. The third-order valence-electron chi connectivity index (χ3n) is 4.19. The fourth-order valence-corrected chi connectivity index (χ4v) is 4.52. The fraction of sp³-hybridized carbons (Fsp3) is 0.238. The van der Waals surface area contributed by atoms with Crippen molar-refractivity contribution in [1.82, 2.24) is 19.8 Å². The summed E-state index contributed by atoms with van der Waals surface area (Å²) in [6, 6.07) is 14.2. The fourth-order valence-electron chi connectivity index (χ4n) is 2.87. The Morgan fingerprint density at radius 1 is 1.10 bits per heavy atom. The topological polar surface area (TPSA) is 93.1 Å². The van der Waals surface area contributed by atoms with Gasteiger partial charge in [-0.3, -0.25) is 4.79 Å². The number of sulfonamides is 1. The molecule has 0 spiro atoms. The molecular weight excluding hydrogens is 424 g/mol. The Kier molecular flexibility index (Phi) is 6.91. The van der Waals surface area contributed by atoms with Crippen molar-refractivity contribution in [3.8, 4) is 5.69 Å². The largest absolute Gasteiger partial charge is 0.348 e. The molecular formula is C21H23ClN4O3S. The van der Waals surface area contributed by atoms with Crippen LogP contribution in [0.4, 0.5) is 0 Å². The maximum Gasteiger partial charge on any atom is 0.254 e. The lowest BCUT2D eigenvalue weighted by molar-refractivity contribution is 0.0951. The molecule has 0 radical (unpaired) electrons. The van der Waals surface area contributed by atoms with Crippen LogP contribution in [0.3, 0.4) is 0 Å². The highest BCUT2D eigenvalue weighted by Crippen LogP contribution is 2.19. The highest BCUT2D eigenvalue weighted by molar-refractivity contribution is 7.88. The van der Waals surface area contributed by atoms with Gasteiger partial charge in [0, 0.05) is 18.8 Å². The third-order valence-corrected chi connectivity index (χ3v) is 6.06. The average molecular weight is 447 g/mol. The molecule has 0 unspecified atom stereocenters. The summed E-state index contributed by atoms with van der Waals surface area (Å²) in [5.74, 6) is -0.347. The van der Waals surface area contributed by atoms with Crippen LogP contribution in [-0.2, 0) is 22.3 Å². The van der Waals surface area contributed by atoms with Crippen LogP contribution in [0.2, 0.25) is 5.02 Å². The summed E-state index contributed by atoms with van der Waals surface area (Å²) in [5, 5.41) is 7.57. The first kappa shape index (κ1) is 22.0. The molecule has 0 atom stereocenters. The van der Waals surface area contributed by atoms with Gasteiger partial charge >= 0.3 is 0 Å². The molecule has 0 saturated carbocycles. The van der Waals surface area contributed by atoms with Gasteiger partial charge in [0.2, 0.25) is 10.0 Å². The third kappa shape index (κ3) is 5.91. The second-order valence-electron chi connectivity index (χ2n) is 7.16. The zero-order chi connectivity index (χ0) is 21.7. The van der Waals surface area contributed by atoms with Gasteiger partial charge in [-0.15, -0.1) is 0 Å². The first-order chi connectivity index (χ1) is 14.2. The first-order valence-corrected chi connectivity index (χ1v) is 11.4. The number of rotatable bonds is 8. The normalized spacial score (nSPS) is 11.6. The summed E-state index contributed by atoms with van der Waals surface area (Å²) >= 11 is 6.16. The highest BCUT2D eigenvalue weighted by atomic mass is 35.5. The number of hydrogen-bond donors (Lipinski definition) is 2. The predicted molar refractivity (Wildman–Crippen MR) is 117 cm³/mol. The van der Waals surface area contributed by atoms with Crippen molar-refractivity contribution in [3.05, 3.63) is 82.6 Å². The second kappa shape index (κ2) is 9.42. The van der Waals surface area contributed by atoms with Crippen LogP contribution in [0.5, 0.6) is 0 Å². The molecule has 0 fully saturated rings. The van der Waals surface area contributed by atoms with Crippen molar-refractivity contribution in [3.63, 3.8) is 0 Å². The molecule has 2 aromatic carbocycles. The molecule has 1 amide bonds. The lowest BCUT2D eigenvalue weighted by Crippen LogP contribution is -2.31. The molecule has 158 valence electrons. The van der Waals surface area contributed by atoms with Gasteiger partial charge in [-0.1, -0.05) is 48.0 Å². The Labute approximate surface area is 181 Å². The minimum Gasteiger partial charge on any atom is -0.348 e. The molecule has 1 heterocycles. The molecule has 0 aliphatic rings. The van der Waals surface area contributed by atoms with Crippen molar-refractivity contribution < 1.29 is 13.2 Å². The Hall–Kier alpha value is -2.68. The van der Waals surface area contributed by atoms with E-state index in [4.69, 9.17) is 11.6 Å². The summed E-state index contributed by atoms with van der Waals surface area (Å²) in [6.45, 7) is 3.87. The Morgan fingerprint density at radius 3 is 2.43 bits per heavy atom. The van der Waals surface area contributed by atoms with E-state index in [1.54, 1.807) is 55.1 Å². The van der Waals surface area contributed by atoms with E-state index in [2.05, 4.69) is 15.1 Å². The number of amides is 1. The number of para-hydroxylation sites is 1. The van der Waals surface area contributed by atoms with Gasteiger partial charge in [0.25, 0.3) is 5.91 Å². The van der Waals surface area contributed by atoms with E-state index in [0.717, 1.165) is 5.56 Å². The molecule has 3 aromatic rings. The number of aromatic nitrogens is 2. The van der Waals surface area contributed by atoms with Gasteiger partial charge in [-0.05, 0) is 37.1 Å². The summed E-state index contributed by atoms with van der Waals surface area (Å²) in [4.78, 5) is 12.4. The Bertz CT molecular complexity index is 1130. The van der Waals surface area contributed by atoms with Crippen LogP contribution < -0.4 is 10.0 Å². The smallest absolute Gasteiger partial charge is 0.254 e. The van der Waals surface area contributed by atoms with Gasteiger partial charge in [-0.25, -0.2) is 17.8 Å². The van der Waals surface area contributed by atoms with E-state index in [9.17, 15) is 13.2 Å². The lowest BCUT2D eigenvalue weighted by atomic mass is 10.1. The molecule has 0 bridgehead atoms. The van der Waals surface area contributed by atoms with Gasteiger partial charge in [-0.2, -0.15) is 5.10 Å². The molecule has 9 heteroatoms. The van der Waals surface area contributed by atoms with E-state index >= 15 is 0 Å². The molecule has 30 heavy (non-hydrogen) atoms. The summed E-state index contributed by atoms with van der Waals surface area (Å²) in [6.07, 6.45) is 3.10. The van der Waals surface area contributed by atoms with Crippen molar-refractivity contribution in [2.75, 3.05) is 0 Å². The van der Waals surface area contributed by atoms with Gasteiger partial charge < -0.3 is 5.32 Å². The molecule has 0 saturated heterocycles. The molecule has 2 N–H and O–H groups in total. The maximum absolute atomic E-state index is 12.4. The van der Waals surface area contributed by atoms with Gasteiger partial charge in [0.1, 0.15) is 0 Å². The number of nitrogens with zero attached hydrogens (tertiary/aromatic N) is 2. The molecule has 3 rings (SSSR count). The van der Waals surface area contributed by atoms with Crippen LogP contribution in [0.1, 0.15) is 35.3 Å². The van der Waals surface area contributed by atoms with Crippen molar-refractivity contribution >= 4 is 27.5 Å². The SMILES string of the molecule is CC(C)NS(=O)(=O)Cc1ccc(CNC(=O)c2cnn(-c3ccccc3Cl)c2)cc1. The molecule has 0 aliphatic heterocycles. The lowest BCUT2D eigenvalue weighted by Gasteiger charge is -2.10. The number of carbonyl (C=O) groups is 1. The van der Waals surface area contributed by atoms with Crippen LogP contribution >= 0.6 is 11.6 Å². The van der Waals surface area contributed by atoms with E-state index < -0.39 is 10.0 Å². The zero-order valence-corrected chi connectivity index (χ0v) is 18.2. The van der Waals surface area contributed by atoms with Crippen molar-refractivity contribution in [2.45, 2.75) is 32.2 Å². The summed E-state index contributed by atoms with van der Waals surface area (Å²) in [7, 11) is -3.37. The number of nitrogens with one attached hydrogen (secondary N) is 2. The van der Waals surface area contributed by atoms with E-state index in [0.29, 0.717) is 28.4 Å². The Balaban J connectivity index is 1.58. The standard InChI is InChI=1S/C21H23ClN4O3S/c1-15(2)25-30(28,29)14-17-9-7-16(8-10-17)11-23-21(27)18-12-24-26(13-18)20-6-4-3-5-19(20)22/h3-10,12-13,15,25H,11,14H2,1-2H3,(H,23,27). The number of hydrogen-bond acceptors (Lipinski definition) is 4. The Morgan fingerprint density at radius 2 is 1.77 bits per heavy atom. The molecule has 1 aromatic heterocycles. The molecule has 7 nitrogen and oxygen atoms in total. The van der Waals surface area contributed by atoms with Crippen LogP contribution in [-0.4, -0.2) is 30.1 Å². The zero-order valence-electron chi connectivity index (χ0n) is 16.7. The quantitative estimate of drug-likeness (QED) is 0.555. The number of carbonyl (C=O) groups excluding carboxylic acids is 1. The van der Waals surface area contributed by atoms with E-state index in [1.165, 1.54) is 6.20 Å². The van der Waals surface area contributed by atoms with Crippen molar-refractivity contribution in [1.29, 1.82) is 0 Å². The monoisotopic (exact) mass is 446 g/mol. The average Bonchev–Trinajstić information content (AvgIpc) is 3.16. The first-order valence-electron chi connectivity index (χ1n) is 9.39. The highest BCUT2D eigenvalue weighted by Gasteiger charge is 2.13. The van der Waals surface area contributed by atoms with Gasteiger partial charge in [0.05, 0.1) is 28.2 Å². The summed E-state index contributed by atoms with van der Waals surface area (Å²) in [5.41, 5.74) is 2.65. The maximum atomic E-state index is 12.4. The number of benzene rings is 2. The van der Waals surface area contributed by atoms with Crippen LogP contribution in [0.25, 0.3) is 5.69 Å².